The molecule has 3 rings (SSSR count). The van der Waals surface area contributed by atoms with Gasteiger partial charge in [-0.05, 0) is 76.5 Å². The Labute approximate surface area is 175 Å². The molecule has 29 heavy (non-hydrogen) atoms. The van der Waals surface area contributed by atoms with Crippen LogP contribution in [0.4, 0.5) is 0 Å². The number of aryl methyl sites for hydroxylation is 1. The average molecular weight is 389 g/mol. The zero-order valence-electron chi connectivity index (χ0n) is 18.5. The van der Waals surface area contributed by atoms with E-state index in [1.807, 2.05) is 25.1 Å². The summed E-state index contributed by atoms with van der Waals surface area (Å²) < 4.78 is 0. The van der Waals surface area contributed by atoms with E-state index in [0.717, 1.165) is 11.1 Å². The molecular weight excluding hydrogens is 356 g/mol. The molecule has 0 spiro atoms. The lowest BCUT2D eigenvalue weighted by Crippen LogP contribution is -2.34. The molecule has 2 aromatic rings. The predicted octanol–water partition coefficient (Wildman–Crippen LogP) is 7.06. The van der Waals surface area contributed by atoms with E-state index in [1.54, 1.807) is 0 Å². The molecule has 1 aliphatic rings. The Morgan fingerprint density at radius 2 is 1.55 bits per heavy atom. The van der Waals surface area contributed by atoms with Crippen LogP contribution in [0, 0.1) is 6.92 Å². The number of carbonyl (C=O) groups is 1. The highest BCUT2D eigenvalue weighted by Gasteiger charge is 2.37. The van der Waals surface area contributed by atoms with E-state index in [4.69, 9.17) is 5.11 Å². The second-order valence-corrected chi connectivity index (χ2v) is 9.63. The quantitative estimate of drug-likeness (QED) is 0.450. The molecule has 2 nitrogen and oxygen atoms in total. The summed E-state index contributed by atoms with van der Waals surface area (Å²) in [6.45, 7) is 13.4. The summed E-state index contributed by atoms with van der Waals surface area (Å²) in [6, 6.07) is 13.1. The van der Waals surface area contributed by atoms with Gasteiger partial charge in [0.05, 0.1) is 0 Å². The molecule has 0 atom stereocenters. The van der Waals surface area contributed by atoms with Crippen molar-refractivity contribution in [2.75, 3.05) is 0 Å². The van der Waals surface area contributed by atoms with Gasteiger partial charge >= 0.3 is 5.97 Å². The molecule has 2 aromatic carbocycles. The summed E-state index contributed by atoms with van der Waals surface area (Å²) in [7, 11) is 0. The third-order valence-corrected chi connectivity index (χ3v) is 6.33. The number of benzene rings is 2. The maximum atomic E-state index is 10.9. The van der Waals surface area contributed by atoms with E-state index in [-0.39, 0.29) is 10.8 Å². The Bertz CT molecular complexity index is 1000. The minimum absolute atomic E-state index is 0.166. The van der Waals surface area contributed by atoms with Crippen LogP contribution in [-0.4, -0.2) is 11.1 Å². The topological polar surface area (TPSA) is 37.3 Å². The van der Waals surface area contributed by atoms with Crippen LogP contribution in [0.3, 0.4) is 0 Å². The summed E-state index contributed by atoms with van der Waals surface area (Å²) in [6.07, 6.45) is 7.51. The zero-order chi connectivity index (χ0) is 21.4. The van der Waals surface area contributed by atoms with Gasteiger partial charge in [0.25, 0.3) is 0 Å². The van der Waals surface area contributed by atoms with Crippen LogP contribution in [0.5, 0.6) is 0 Å². The molecule has 2 heteroatoms. The Morgan fingerprint density at radius 1 is 0.966 bits per heavy atom. The molecule has 0 amide bonds. The van der Waals surface area contributed by atoms with Gasteiger partial charge in [-0.3, -0.25) is 0 Å². The van der Waals surface area contributed by atoms with E-state index in [2.05, 4.69) is 65.0 Å². The van der Waals surface area contributed by atoms with Crippen LogP contribution >= 0.6 is 0 Å². The van der Waals surface area contributed by atoms with Crippen molar-refractivity contribution in [3.8, 4) is 11.1 Å². The number of rotatable bonds is 4. The van der Waals surface area contributed by atoms with Crippen LogP contribution in [0.1, 0.15) is 69.7 Å². The lowest BCUT2D eigenvalue weighted by molar-refractivity contribution is -0.131. The van der Waals surface area contributed by atoms with E-state index in [0.29, 0.717) is 0 Å². The molecule has 1 N–H and O–H groups in total. The van der Waals surface area contributed by atoms with Gasteiger partial charge in [0.15, 0.2) is 0 Å². The fourth-order valence-corrected chi connectivity index (χ4v) is 4.36. The van der Waals surface area contributed by atoms with Gasteiger partial charge in [-0.15, -0.1) is 0 Å². The number of hydrogen-bond donors (Lipinski definition) is 1. The highest BCUT2D eigenvalue weighted by Crippen LogP contribution is 2.47. The summed E-state index contributed by atoms with van der Waals surface area (Å²) in [5, 5.41) is 8.94. The molecule has 152 valence electrons. The lowest BCUT2D eigenvalue weighted by atomic mass is 9.62. The molecule has 0 aromatic heterocycles. The highest BCUT2D eigenvalue weighted by molar-refractivity contribution is 5.82. The first-order valence-corrected chi connectivity index (χ1v) is 10.4. The molecule has 0 fully saturated rings. The standard InChI is InChI=1S/C27H32O2/c1-18(15-25(28)29)11-12-20-9-7-8-10-21(20)22-17-24-23(16-19(22)2)26(3,4)13-14-27(24,5)6/h7-12,15-17H,13-14H2,1-6H3,(H,28,29). The van der Waals surface area contributed by atoms with E-state index >= 15 is 0 Å². The van der Waals surface area contributed by atoms with Crippen LogP contribution < -0.4 is 0 Å². The predicted molar refractivity (Wildman–Crippen MR) is 122 cm³/mol. The molecule has 0 heterocycles. The van der Waals surface area contributed by atoms with Crippen molar-refractivity contribution in [2.45, 2.75) is 65.2 Å². The van der Waals surface area contributed by atoms with Gasteiger partial charge < -0.3 is 5.11 Å². The second kappa shape index (κ2) is 7.67. The Morgan fingerprint density at radius 3 is 2.17 bits per heavy atom. The monoisotopic (exact) mass is 388 g/mol. The van der Waals surface area contributed by atoms with Crippen molar-refractivity contribution >= 4 is 12.0 Å². The summed E-state index contributed by atoms with van der Waals surface area (Å²) >= 11 is 0. The van der Waals surface area contributed by atoms with Crippen molar-refractivity contribution in [1.29, 1.82) is 0 Å². The average Bonchev–Trinajstić information content (AvgIpc) is 2.63. The van der Waals surface area contributed by atoms with Gasteiger partial charge in [-0.2, -0.15) is 0 Å². The van der Waals surface area contributed by atoms with Gasteiger partial charge in [0.2, 0.25) is 0 Å². The van der Waals surface area contributed by atoms with Gasteiger partial charge in [-0.1, -0.05) is 76.2 Å². The number of fused-ring (bicyclic) bond motifs is 1. The smallest absolute Gasteiger partial charge is 0.328 e. The zero-order valence-corrected chi connectivity index (χ0v) is 18.5. The molecule has 0 radical (unpaired) electrons. The first-order valence-electron chi connectivity index (χ1n) is 10.4. The number of allylic oxidation sites excluding steroid dienone is 2. The molecule has 0 saturated carbocycles. The van der Waals surface area contributed by atoms with Crippen LogP contribution in [0.15, 0.2) is 54.1 Å². The van der Waals surface area contributed by atoms with Gasteiger partial charge in [0, 0.05) is 6.08 Å². The maximum absolute atomic E-state index is 10.9. The summed E-state index contributed by atoms with van der Waals surface area (Å²) in [5.74, 6) is -0.921. The molecule has 1 aliphatic carbocycles. The van der Waals surface area contributed by atoms with E-state index in [1.165, 1.54) is 46.7 Å². The van der Waals surface area contributed by atoms with Gasteiger partial charge in [0.1, 0.15) is 0 Å². The van der Waals surface area contributed by atoms with Crippen LogP contribution in [-0.2, 0) is 15.6 Å². The van der Waals surface area contributed by atoms with Crippen molar-refractivity contribution in [3.63, 3.8) is 0 Å². The van der Waals surface area contributed by atoms with Crippen molar-refractivity contribution < 1.29 is 9.90 Å². The van der Waals surface area contributed by atoms with Crippen molar-refractivity contribution in [2.24, 2.45) is 0 Å². The van der Waals surface area contributed by atoms with Crippen LogP contribution in [0.25, 0.3) is 17.2 Å². The molecule has 0 aliphatic heterocycles. The maximum Gasteiger partial charge on any atom is 0.328 e. The Kier molecular flexibility index (Phi) is 5.58. The molecule has 0 bridgehead atoms. The number of carboxylic acid groups (broad SMARTS) is 1. The molecule has 0 saturated heterocycles. The normalized spacial score (nSPS) is 17.9. The van der Waals surface area contributed by atoms with Crippen LogP contribution in [0.2, 0.25) is 0 Å². The first-order chi connectivity index (χ1) is 13.5. The van der Waals surface area contributed by atoms with Crippen molar-refractivity contribution in [3.05, 3.63) is 76.4 Å². The summed E-state index contributed by atoms with van der Waals surface area (Å²) in [4.78, 5) is 10.9. The lowest BCUT2D eigenvalue weighted by Gasteiger charge is -2.42. The molecular formula is C27H32O2. The number of carboxylic acids is 1. The second-order valence-electron chi connectivity index (χ2n) is 9.63. The third kappa shape index (κ3) is 4.37. The van der Waals surface area contributed by atoms with E-state index < -0.39 is 5.97 Å². The van der Waals surface area contributed by atoms with Crippen molar-refractivity contribution in [1.82, 2.24) is 0 Å². The Hall–Kier alpha value is -2.61. The van der Waals surface area contributed by atoms with E-state index in [9.17, 15) is 4.79 Å². The first kappa shape index (κ1) is 21.1. The van der Waals surface area contributed by atoms with Gasteiger partial charge in [-0.25, -0.2) is 4.79 Å². The summed E-state index contributed by atoms with van der Waals surface area (Å²) in [5.41, 5.74) is 8.84. The SMILES string of the molecule is CC(C=Cc1ccccc1-c1cc2c(cc1C)C(C)(C)CCC2(C)C)=CC(=O)O. The Balaban J connectivity index is 2.14. The fraction of sp³-hybridized carbons (Fsp3) is 0.370. The molecule has 0 unspecified atom stereocenters. The minimum Gasteiger partial charge on any atom is -0.478 e. The fourth-order valence-electron chi connectivity index (χ4n) is 4.36. The number of aliphatic carboxylic acids is 1. The third-order valence-electron chi connectivity index (χ3n) is 6.33. The largest absolute Gasteiger partial charge is 0.478 e. The number of hydrogen-bond acceptors (Lipinski definition) is 1. The minimum atomic E-state index is -0.921. The highest BCUT2D eigenvalue weighted by atomic mass is 16.4.